The topological polar surface area (TPSA) is 50.4 Å². The molecule has 0 aromatic heterocycles. The summed E-state index contributed by atoms with van der Waals surface area (Å²) < 4.78 is 42.8. The van der Waals surface area contributed by atoms with Crippen molar-refractivity contribution in [1.29, 1.82) is 0 Å². The summed E-state index contributed by atoms with van der Waals surface area (Å²) in [5, 5.41) is 5.85. The molecular weight excluding hydrogens is 357 g/mol. The van der Waals surface area contributed by atoms with Crippen molar-refractivity contribution in [3.05, 3.63) is 58.7 Å². The van der Waals surface area contributed by atoms with Crippen LogP contribution in [0.4, 0.5) is 29.3 Å². The molecular formula is C20H23F3N2O2. The third kappa shape index (κ3) is 5.91. The Morgan fingerprint density at radius 2 is 1.67 bits per heavy atom. The molecule has 7 heteroatoms. The third-order valence-electron chi connectivity index (χ3n) is 3.97. The van der Waals surface area contributed by atoms with Gasteiger partial charge >= 0.3 is 12.3 Å². The van der Waals surface area contributed by atoms with Gasteiger partial charge in [0.2, 0.25) is 0 Å². The van der Waals surface area contributed by atoms with Gasteiger partial charge in [-0.25, -0.2) is 4.79 Å². The average molecular weight is 380 g/mol. The van der Waals surface area contributed by atoms with Gasteiger partial charge in [-0.2, -0.15) is 13.2 Å². The molecule has 146 valence electrons. The number of hydrogen-bond donors (Lipinski definition) is 2. The lowest BCUT2D eigenvalue weighted by Crippen LogP contribution is -2.16. The first-order valence-corrected chi connectivity index (χ1v) is 8.65. The van der Waals surface area contributed by atoms with Crippen molar-refractivity contribution in [2.45, 2.75) is 39.9 Å². The normalized spacial score (nSPS) is 11.2. The van der Waals surface area contributed by atoms with Gasteiger partial charge in [0.05, 0.1) is 12.2 Å². The summed E-state index contributed by atoms with van der Waals surface area (Å²) in [6, 6.07) is 8.74. The Kier molecular flexibility index (Phi) is 6.71. The van der Waals surface area contributed by atoms with Crippen molar-refractivity contribution < 1.29 is 22.7 Å². The van der Waals surface area contributed by atoms with Crippen molar-refractivity contribution >= 4 is 17.5 Å². The summed E-state index contributed by atoms with van der Waals surface area (Å²) in [6.07, 6.45) is -4.08. The number of ether oxygens (including phenoxy) is 1. The molecule has 0 atom stereocenters. The summed E-state index contributed by atoms with van der Waals surface area (Å²) >= 11 is 0. The van der Waals surface area contributed by atoms with Crippen molar-refractivity contribution in [2.75, 3.05) is 17.2 Å². The Hall–Kier alpha value is -2.70. The maximum absolute atomic E-state index is 12.6. The number of anilines is 2. The molecule has 2 N–H and O–H groups in total. The first-order chi connectivity index (χ1) is 12.7. The molecule has 1 amide bonds. The van der Waals surface area contributed by atoms with Crippen molar-refractivity contribution in [1.82, 2.24) is 0 Å². The lowest BCUT2D eigenvalue weighted by molar-refractivity contribution is -0.137. The van der Waals surface area contributed by atoms with Gasteiger partial charge < -0.3 is 10.1 Å². The Morgan fingerprint density at radius 1 is 1.07 bits per heavy atom. The molecule has 0 bridgehead atoms. The van der Waals surface area contributed by atoms with Crippen molar-refractivity contribution in [3.8, 4) is 0 Å². The smallest absolute Gasteiger partial charge is 0.416 e. The molecule has 27 heavy (non-hydrogen) atoms. The highest BCUT2D eigenvalue weighted by atomic mass is 19.4. The Balaban J connectivity index is 2.02. The molecule has 0 aliphatic carbocycles. The lowest BCUT2D eigenvalue weighted by atomic mass is 10.0. The highest BCUT2D eigenvalue weighted by molar-refractivity contribution is 5.86. The predicted octanol–water partition coefficient (Wildman–Crippen LogP) is 5.89. The van der Waals surface area contributed by atoms with Crippen molar-refractivity contribution in [3.63, 3.8) is 0 Å². The number of amides is 1. The standard InChI is InChI=1S/C20H23F3N2O2/c1-4-9-27-19(26)25-18-13(2)10-15(11-14(18)3)12-24-17-7-5-16(6-8-17)20(21,22)23/h5-8,10-11,24H,4,9,12H2,1-3H3,(H,25,26). The van der Waals surface area contributed by atoms with E-state index in [1.165, 1.54) is 12.1 Å². The van der Waals surface area contributed by atoms with E-state index in [0.29, 0.717) is 24.5 Å². The van der Waals surface area contributed by atoms with E-state index in [4.69, 9.17) is 4.74 Å². The molecule has 0 aliphatic heterocycles. The average Bonchev–Trinajstić information content (AvgIpc) is 2.61. The van der Waals surface area contributed by atoms with Gasteiger partial charge in [0, 0.05) is 17.9 Å². The summed E-state index contributed by atoms with van der Waals surface area (Å²) in [7, 11) is 0. The van der Waals surface area contributed by atoms with Gasteiger partial charge in [-0.1, -0.05) is 19.1 Å². The van der Waals surface area contributed by atoms with Crippen LogP contribution in [0.15, 0.2) is 36.4 Å². The first kappa shape index (κ1) is 20.6. The van der Waals surface area contributed by atoms with Crippen LogP contribution in [0.1, 0.15) is 35.6 Å². The largest absolute Gasteiger partial charge is 0.449 e. The number of aryl methyl sites for hydroxylation is 2. The first-order valence-electron chi connectivity index (χ1n) is 8.65. The monoisotopic (exact) mass is 380 g/mol. The molecule has 2 aromatic rings. The minimum Gasteiger partial charge on any atom is -0.449 e. The SMILES string of the molecule is CCCOC(=O)Nc1c(C)cc(CNc2ccc(C(F)(F)F)cc2)cc1C. The minimum atomic E-state index is -4.34. The Bertz CT molecular complexity index is 764. The Labute approximate surface area is 156 Å². The number of carbonyl (C=O) groups is 1. The molecule has 0 fully saturated rings. The number of halogens is 3. The Morgan fingerprint density at radius 3 is 2.19 bits per heavy atom. The summed E-state index contributed by atoms with van der Waals surface area (Å²) in [5.74, 6) is 0. The summed E-state index contributed by atoms with van der Waals surface area (Å²) in [5.41, 5.74) is 3.35. The fourth-order valence-electron chi connectivity index (χ4n) is 2.67. The molecule has 2 aromatic carbocycles. The molecule has 2 rings (SSSR count). The number of benzene rings is 2. The number of rotatable bonds is 6. The summed E-state index contributed by atoms with van der Waals surface area (Å²) in [6.45, 7) is 6.49. The highest BCUT2D eigenvalue weighted by Gasteiger charge is 2.29. The zero-order chi connectivity index (χ0) is 20.0. The van der Waals surface area contributed by atoms with E-state index in [9.17, 15) is 18.0 Å². The van der Waals surface area contributed by atoms with Crippen LogP contribution in [0.25, 0.3) is 0 Å². The fraction of sp³-hybridized carbons (Fsp3) is 0.350. The maximum atomic E-state index is 12.6. The minimum absolute atomic E-state index is 0.360. The molecule has 0 aliphatic rings. The lowest BCUT2D eigenvalue weighted by Gasteiger charge is -2.15. The second kappa shape index (κ2) is 8.79. The second-order valence-corrected chi connectivity index (χ2v) is 6.29. The fourth-order valence-corrected chi connectivity index (χ4v) is 2.67. The molecule has 0 spiro atoms. The van der Waals surface area contributed by atoms with E-state index in [1.807, 2.05) is 32.9 Å². The zero-order valence-electron chi connectivity index (χ0n) is 15.5. The second-order valence-electron chi connectivity index (χ2n) is 6.29. The van der Waals surface area contributed by atoms with E-state index in [-0.39, 0.29) is 0 Å². The van der Waals surface area contributed by atoms with Gasteiger partial charge in [-0.15, -0.1) is 0 Å². The van der Waals surface area contributed by atoms with Crippen molar-refractivity contribution in [2.24, 2.45) is 0 Å². The van der Waals surface area contributed by atoms with Gasteiger partial charge in [0.1, 0.15) is 0 Å². The number of carbonyl (C=O) groups excluding carboxylic acids is 1. The summed E-state index contributed by atoms with van der Waals surface area (Å²) in [4.78, 5) is 11.7. The third-order valence-corrected chi connectivity index (χ3v) is 3.97. The molecule has 0 unspecified atom stereocenters. The van der Waals surface area contributed by atoms with Gasteiger partial charge in [-0.05, 0) is 61.2 Å². The van der Waals surface area contributed by atoms with Gasteiger partial charge in [0.25, 0.3) is 0 Å². The van der Waals surface area contributed by atoms with Crippen LogP contribution in [0.5, 0.6) is 0 Å². The van der Waals surface area contributed by atoms with Crippen LogP contribution in [0.2, 0.25) is 0 Å². The van der Waals surface area contributed by atoms with E-state index in [1.54, 1.807) is 0 Å². The van der Waals surface area contributed by atoms with E-state index >= 15 is 0 Å². The van der Waals surface area contributed by atoms with Gasteiger partial charge in [0.15, 0.2) is 0 Å². The van der Waals surface area contributed by atoms with Crippen LogP contribution in [-0.2, 0) is 17.5 Å². The maximum Gasteiger partial charge on any atom is 0.416 e. The molecule has 0 heterocycles. The molecule has 0 saturated heterocycles. The molecule has 0 radical (unpaired) electrons. The van der Waals surface area contributed by atoms with E-state index < -0.39 is 17.8 Å². The van der Waals surface area contributed by atoms with Gasteiger partial charge in [-0.3, -0.25) is 5.32 Å². The quantitative estimate of drug-likeness (QED) is 0.657. The predicted molar refractivity (Wildman–Crippen MR) is 99.9 cm³/mol. The van der Waals surface area contributed by atoms with Crippen LogP contribution in [0, 0.1) is 13.8 Å². The molecule has 0 saturated carbocycles. The zero-order valence-corrected chi connectivity index (χ0v) is 15.5. The van der Waals surface area contributed by atoms with E-state index in [0.717, 1.165) is 35.2 Å². The van der Waals surface area contributed by atoms with Crippen LogP contribution in [0.3, 0.4) is 0 Å². The van der Waals surface area contributed by atoms with Crippen LogP contribution in [-0.4, -0.2) is 12.7 Å². The van der Waals surface area contributed by atoms with Crippen LogP contribution >= 0.6 is 0 Å². The number of alkyl halides is 3. The molecule has 4 nitrogen and oxygen atoms in total. The van der Waals surface area contributed by atoms with Crippen LogP contribution < -0.4 is 10.6 Å². The number of hydrogen-bond acceptors (Lipinski definition) is 3. The van der Waals surface area contributed by atoms with E-state index in [2.05, 4.69) is 10.6 Å². The number of nitrogens with one attached hydrogen (secondary N) is 2. The highest BCUT2D eigenvalue weighted by Crippen LogP contribution is 2.30.